The van der Waals surface area contributed by atoms with Crippen LogP contribution in [0.25, 0.3) is 0 Å². The second-order valence-electron chi connectivity index (χ2n) is 5.00. The quantitative estimate of drug-likeness (QED) is 0.396. The smallest absolute Gasteiger partial charge is 0.429 e. The third kappa shape index (κ3) is 25.0. The Labute approximate surface area is 115 Å². The maximum atomic E-state index is 7.00. The minimum Gasteiger partial charge on any atom is -0.429 e. The standard InChI is InChI=1S/C15H32.BH2O2/c1-3-5-7-9-11-13-15-14-12-10-8-6-4-2;2-1-3/h3-15H2,1-2H3;2-3H. The molecule has 109 valence electrons. The van der Waals surface area contributed by atoms with E-state index in [9.17, 15) is 0 Å². The van der Waals surface area contributed by atoms with Crippen LogP contribution in [0.4, 0.5) is 0 Å². The van der Waals surface area contributed by atoms with E-state index in [1.165, 1.54) is 83.5 Å². The van der Waals surface area contributed by atoms with Gasteiger partial charge in [0, 0.05) is 0 Å². The van der Waals surface area contributed by atoms with Crippen LogP contribution >= 0.6 is 0 Å². The Morgan fingerprint density at radius 2 is 0.667 bits per heavy atom. The van der Waals surface area contributed by atoms with Crippen molar-refractivity contribution < 1.29 is 10.0 Å². The van der Waals surface area contributed by atoms with Gasteiger partial charge in [0.05, 0.1) is 0 Å². The Balaban J connectivity index is 0. The molecule has 0 spiro atoms. The molecule has 0 atom stereocenters. The molecule has 0 aromatic rings. The molecule has 0 unspecified atom stereocenters. The number of hydrogen-bond donors (Lipinski definition) is 2. The second kappa shape index (κ2) is 22.2. The summed E-state index contributed by atoms with van der Waals surface area (Å²) in [6.07, 6.45) is 18.9. The number of hydrogen-bond acceptors (Lipinski definition) is 2. The van der Waals surface area contributed by atoms with Crippen molar-refractivity contribution in [3.63, 3.8) is 0 Å². The summed E-state index contributed by atoms with van der Waals surface area (Å²) in [6.45, 7) is 4.58. The Hall–Kier alpha value is -0.0151. The normalized spacial score (nSPS) is 9.78. The Morgan fingerprint density at radius 3 is 0.833 bits per heavy atom. The molecule has 0 heterocycles. The highest BCUT2D eigenvalue weighted by Gasteiger charge is 1.92. The molecule has 18 heavy (non-hydrogen) atoms. The van der Waals surface area contributed by atoms with Gasteiger partial charge in [-0.2, -0.15) is 0 Å². The molecule has 2 nitrogen and oxygen atoms in total. The van der Waals surface area contributed by atoms with Gasteiger partial charge in [-0.25, -0.2) is 0 Å². The van der Waals surface area contributed by atoms with Gasteiger partial charge < -0.3 is 10.0 Å². The second-order valence-corrected chi connectivity index (χ2v) is 5.00. The van der Waals surface area contributed by atoms with Crippen LogP contribution in [0.15, 0.2) is 0 Å². The molecule has 0 saturated carbocycles. The van der Waals surface area contributed by atoms with Gasteiger partial charge in [-0.05, 0) is 0 Å². The van der Waals surface area contributed by atoms with Crippen molar-refractivity contribution in [1.82, 2.24) is 0 Å². The lowest BCUT2D eigenvalue weighted by atomic mass is 10.1. The maximum absolute atomic E-state index is 7.00. The number of rotatable bonds is 12. The van der Waals surface area contributed by atoms with E-state index in [0.717, 1.165) is 0 Å². The van der Waals surface area contributed by atoms with Gasteiger partial charge in [-0.1, -0.05) is 97.3 Å². The lowest BCUT2D eigenvalue weighted by Gasteiger charge is -2.01. The third-order valence-electron chi connectivity index (χ3n) is 3.21. The Bertz CT molecular complexity index is 109. The van der Waals surface area contributed by atoms with Crippen LogP contribution in [0, 0.1) is 0 Å². The first kappa shape index (κ1) is 20.3. The molecule has 0 aliphatic carbocycles. The van der Waals surface area contributed by atoms with Crippen LogP contribution in [0.2, 0.25) is 0 Å². The minimum absolute atomic E-state index is 0. The van der Waals surface area contributed by atoms with Crippen LogP contribution in [0.1, 0.15) is 97.3 Å². The fourth-order valence-corrected chi connectivity index (χ4v) is 2.09. The molecule has 0 aliphatic heterocycles. The third-order valence-corrected chi connectivity index (χ3v) is 3.21. The first-order chi connectivity index (χ1) is 8.83. The minimum atomic E-state index is 0. The van der Waals surface area contributed by atoms with E-state index in [1.807, 2.05) is 0 Å². The molecule has 0 aliphatic rings. The topological polar surface area (TPSA) is 40.5 Å². The molecule has 0 aromatic heterocycles. The summed E-state index contributed by atoms with van der Waals surface area (Å²) >= 11 is 0. The Kier molecular flexibility index (Phi) is 25.0. The van der Waals surface area contributed by atoms with E-state index in [0.29, 0.717) is 0 Å². The van der Waals surface area contributed by atoms with Gasteiger partial charge in [0.25, 0.3) is 0 Å². The summed E-state index contributed by atoms with van der Waals surface area (Å²) in [4.78, 5) is 0. The van der Waals surface area contributed by atoms with Crippen molar-refractivity contribution in [2.45, 2.75) is 97.3 Å². The van der Waals surface area contributed by atoms with Crippen molar-refractivity contribution in [3.05, 3.63) is 0 Å². The molecule has 0 amide bonds. The summed E-state index contributed by atoms with van der Waals surface area (Å²) in [5.41, 5.74) is 0. The average molecular weight is 257 g/mol. The number of unbranched alkanes of at least 4 members (excludes halogenated alkanes) is 12. The van der Waals surface area contributed by atoms with E-state index in [1.54, 1.807) is 0 Å². The summed E-state index contributed by atoms with van der Waals surface area (Å²) in [5.74, 6) is 0. The summed E-state index contributed by atoms with van der Waals surface area (Å²) in [7, 11) is 0. The van der Waals surface area contributed by atoms with Crippen molar-refractivity contribution in [1.29, 1.82) is 0 Å². The Morgan fingerprint density at radius 1 is 0.500 bits per heavy atom. The monoisotopic (exact) mass is 257 g/mol. The molecule has 0 fully saturated rings. The largest absolute Gasteiger partial charge is 0.482 e. The van der Waals surface area contributed by atoms with Crippen molar-refractivity contribution >= 4 is 7.69 Å². The van der Waals surface area contributed by atoms with Crippen LogP contribution in [0.3, 0.4) is 0 Å². The molecule has 2 N–H and O–H groups in total. The summed E-state index contributed by atoms with van der Waals surface area (Å²) < 4.78 is 0. The average Bonchev–Trinajstić information content (AvgIpc) is 2.37. The van der Waals surface area contributed by atoms with Crippen molar-refractivity contribution in [2.24, 2.45) is 0 Å². The van der Waals surface area contributed by atoms with Gasteiger partial charge in [-0.15, -0.1) is 0 Å². The van der Waals surface area contributed by atoms with E-state index in [2.05, 4.69) is 13.8 Å². The van der Waals surface area contributed by atoms with Gasteiger partial charge in [0.15, 0.2) is 0 Å². The summed E-state index contributed by atoms with van der Waals surface area (Å²) in [6, 6.07) is 0. The molecule has 0 aromatic carbocycles. The predicted octanol–water partition coefficient (Wildman–Crippen LogP) is 4.60. The van der Waals surface area contributed by atoms with Crippen LogP contribution in [-0.2, 0) is 0 Å². The van der Waals surface area contributed by atoms with Crippen molar-refractivity contribution in [3.8, 4) is 0 Å². The SMILES string of the molecule is CCCCCCCCCCCCCCC.O[B]O. The molecule has 3 heteroatoms. The summed E-state index contributed by atoms with van der Waals surface area (Å²) in [5, 5.41) is 14.0. The molecular weight excluding hydrogens is 223 g/mol. The van der Waals surface area contributed by atoms with E-state index in [-0.39, 0.29) is 7.69 Å². The molecule has 0 saturated heterocycles. The lowest BCUT2D eigenvalue weighted by molar-refractivity contribution is 0.448. The van der Waals surface area contributed by atoms with Crippen molar-refractivity contribution in [2.75, 3.05) is 0 Å². The maximum Gasteiger partial charge on any atom is 0.482 e. The first-order valence-corrected chi connectivity index (χ1v) is 7.93. The highest BCUT2D eigenvalue weighted by molar-refractivity contribution is 6.13. The molecule has 0 bridgehead atoms. The highest BCUT2D eigenvalue weighted by Crippen LogP contribution is 2.12. The molecule has 1 radical (unpaired) electrons. The van der Waals surface area contributed by atoms with E-state index in [4.69, 9.17) is 10.0 Å². The highest BCUT2D eigenvalue weighted by atomic mass is 16.4. The van der Waals surface area contributed by atoms with Gasteiger partial charge in [0.2, 0.25) is 0 Å². The zero-order valence-electron chi connectivity index (χ0n) is 12.7. The van der Waals surface area contributed by atoms with Gasteiger partial charge in [0.1, 0.15) is 0 Å². The van der Waals surface area contributed by atoms with Crippen LogP contribution in [-0.4, -0.2) is 17.7 Å². The van der Waals surface area contributed by atoms with Gasteiger partial charge in [-0.3, -0.25) is 0 Å². The van der Waals surface area contributed by atoms with Gasteiger partial charge >= 0.3 is 7.69 Å². The molecular formula is C15H34BO2. The predicted molar refractivity (Wildman–Crippen MR) is 81.6 cm³/mol. The van der Waals surface area contributed by atoms with E-state index >= 15 is 0 Å². The lowest BCUT2D eigenvalue weighted by Crippen LogP contribution is -1.82. The van der Waals surface area contributed by atoms with E-state index < -0.39 is 0 Å². The fourth-order valence-electron chi connectivity index (χ4n) is 2.09. The van der Waals surface area contributed by atoms with Crippen LogP contribution in [0.5, 0.6) is 0 Å². The fraction of sp³-hybridized carbons (Fsp3) is 1.00. The molecule has 0 rings (SSSR count). The zero-order chi connectivity index (χ0) is 13.9. The van der Waals surface area contributed by atoms with Crippen LogP contribution < -0.4 is 0 Å². The zero-order valence-corrected chi connectivity index (χ0v) is 12.7. The first-order valence-electron chi connectivity index (χ1n) is 7.93.